The van der Waals surface area contributed by atoms with Crippen molar-refractivity contribution in [2.75, 3.05) is 12.4 Å². The Morgan fingerprint density at radius 1 is 1.56 bits per heavy atom. The van der Waals surface area contributed by atoms with Crippen LogP contribution in [0.1, 0.15) is 16.1 Å². The lowest BCUT2D eigenvalue weighted by Crippen LogP contribution is -2.06. The summed E-state index contributed by atoms with van der Waals surface area (Å²) >= 11 is 5.77. The highest BCUT2D eigenvalue weighted by Gasteiger charge is 2.15. The van der Waals surface area contributed by atoms with Gasteiger partial charge in [-0.05, 0) is 18.2 Å². The fraction of sp³-hybridized carbons (Fsp3) is 0.167. The first-order chi connectivity index (χ1) is 8.70. The Labute approximate surface area is 109 Å². The third kappa shape index (κ3) is 2.81. The summed E-state index contributed by atoms with van der Waals surface area (Å²) in [4.78, 5) is 15.3. The van der Waals surface area contributed by atoms with Gasteiger partial charge in [0.15, 0.2) is 0 Å². The summed E-state index contributed by atoms with van der Waals surface area (Å²) < 4.78 is 9.69. The van der Waals surface area contributed by atoms with E-state index in [1.165, 1.54) is 13.4 Å². The van der Waals surface area contributed by atoms with Gasteiger partial charge in [0.1, 0.15) is 5.15 Å². The number of aromatic nitrogens is 1. The minimum absolute atomic E-state index is 0.199. The maximum absolute atomic E-state index is 11.4. The van der Waals surface area contributed by atoms with Gasteiger partial charge in [-0.25, -0.2) is 9.78 Å². The van der Waals surface area contributed by atoms with Crippen molar-refractivity contribution in [1.82, 2.24) is 4.98 Å². The van der Waals surface area contributed by atoms with Crippen LogP contribution in [0.3, 0.4) is 0 Å². The van der Waals surface area contributed by atoms with Crippen molar-refractivity contribution in [2.24, 2.45) is 0 Å². The van der Waals surface area contributed by atoms with Crippen molar-refractivity contribution in [3.63, 3.8) is 0 Å². The topological polar surface area (TPSA) is 64.4 Å². The fourth-order valence-corrected chi connectivity index (χ4v) is 1.63. The first-order valence-corrected chi connectivity index (χ1v) is 5.58. The molecule has 0 aliphatic rings. The van der Waals surface area contributed by atoms with Crippen LogP contribution in [0.5, 0.6) is 0 Å². The average Bonchev–Trinajstić information content (AvgIpc) is 2.84. The molecule has 0 atom stereocenters. The Morgan fingerprint density at radius 3 is 3.11 bits per heavy atom. The van der Waals surface area contributed by atoms with Crippen molar-refractivity contribution in [3.05, 3.63) is 47.1 Å². The van der Waals surface area contributed by atoms with E-state index in [4.69, 9.17) is 16.0 Å². The standard InChI is InChI=1S/C12H11ClN2O3/c1-17-12(16)11-8(3-5-18-11)7-15-9-2-4-14-10(13)6-9/h2-6H,7H2,1H3,(H,14,15). The zero-order chi connectivity index (χ0) is 13.0. The normalized spacial score (nSPS) is 10.1. The molecule has 0 radical (unpaired) electrons. The van der Waals surface area contributed by atoms with Crippen molar-refractivity contribution in [2.45, 2.75) is 6.54 Å². The zero-order valence-corrected chi connectivity index (χ0v) is 10.4. The second kappa shape index (κ2) is 5.55. The van der Waals surface area contributed by atoms with E-state index in [0.29, 0.717) is 11.7 Å². The highest BCUT2D eigenvalue weighted by atomic mass is 35.5. The Bertz CT molecular complexity index is 554. The number of carbonyl (C=O) groups is 1. The summed E-state index contributed by atoms with van der Waals surface area (Å²) in [5, 5.41) is 3.52. The molecule has 6 heteroatoms. The van der Waals surface area contributed by atoms with E-state index in [0.717, 1.165) is 11.3 Å². The number of hydrogen-bond donors (Lipinski definition) is 1. The second-order valence-electron chi connectivity index (χ2n) is 3.49. The van der Waals surface area contributed by atoms with E-state index in [1.54, 1.807) is 24.4 Å². The number of carbonyl (C=O) groups excluding carboxylic acids is 1. The Morgan fingerprint density at radius 2 is 2.39 bits per heavy atom. The van der Waals surface area contributed by atoms with Gasteiger partial charge in [0.25, 0.3) is 0 Å². The molecule has 0 aliphatic heterocycles. The van der Waals surface area contributed by atoms with E-state index < -0.39 is 5.97 Å². The summed E-state index contributed by atoms with van der Waals surface area (Å²) in [5.41, 5.74) is 1.53. The number of anilines is 1. The van der Waals surface area contributed by atoms with E-state index in [9.17, 15) is 4.79 Å². The SMILES string of the molecule is COC(=O)c1occc1CNc1ccnc(Cl)c1. The predicted molar refractivity (Wildman–Crippen MR) is 66.6 cm³/mol. The van der Waals surface area contributed by atoms with Gasteiger partial charge in [0, 0.05) is 24.0 Å². The molecule has 0 saturated heterocycles. The maximum Gasteiger partial charge on any atom is 0.374 e. The van der Waals surface area contributed by atoms with Crippen molar-refractivity contribution in [3.8, 4) is 0 Å². The summed E-state index contributed by atoms with van der Waals surface area (Å²) in [6.45, 7) is 0.432. The van der Waals surface area contributed by atoms with Crippen LogP contribution < -0.4 is 5.32 Å². The van der Waals surface area contributed by atoms with Gasteiger partial charge < -0.3 is 14.5 Å². The molecular weight excluding hydrogens is 256 g/mol. The molecule has 0 aliphatic carbocycles. The van der Waals surface area contributed by atoms with Crippen LogP contribution in [0.2, 0.25) is 5.15 Å². The monoisotopic (exact) mass is 266 g/mol. The summed E-state index contributed by atoms with van der Waals surface area (Å²) in [6, 6.07) is 5.19. The molecule has 0 amide bonds. The molecule has 2 heterocycles. The molecule has 0 unspecified atom stereocenters. The van der Waals surface area contributed by atoms with Gasteiger partial charge in [0.05, 0.1) is 13.4 Å². The third-order valence-corrected chi connectivity index (χ3v) is 2.53. The van der Waals surface area contributed by atoms with Crippen LogP contribution in [0, 0.1) is 0 Å². The lowest BCUT2D eigenvalue weighted by Gasteiger charge is -2.05. The summed E-state index contributed by atoms with van der Waals surface area (Å²) in [6.07, 6.45) is 3.05. The van der Waals surface area contributed by atoms with Gasteiger partial charge in [-0.15, -0.1) is 0 Å². The lowest BCUT2D eigenvalue weighted by molar-refractivity contribution is 0.0563. The van der Waals surface area contributed by atoms with Gasteiger partial charge in [-0.1, -0.05) is 11.6 Å². The highest BCUT2D eigenvalue weighted by Crippen LogP contribution is 2.16. The molecule has 0 fully saturated rings. The van der Waals surface area contributed by atoms with Crippen LogP contribution in [0.15, 0.2) is 35.1 Å². The fourth-order valence-electron chi connectivity index (χ4n) is 1.46. The molecule has 0 aromatic carbocycles. The first-order valence-electron chi connectivity index (χ1n) is 5.21. The summed E-state index contributed by atoms with van der Waals surface area (Å²) in [7, 11) is 1.31. The lowest BCUT2D eigenvalue weighted by atomic mass is 10.2. The average molecular weight is 267 g/mol. The number of nitrogens with zero attached hydrogens (tertiary/aromatic N) is 1. The van der Waals surface area contributed by atoms with Crippen LogP contribution in [0.25, 0.3) is 0 Å². The molecule has 0 spiro atoms. The number of furan rings is 1. The molecule has 2 aromatic rings. The van der Waals surface area contributed by atoms with Crippen molar-refractivity contribution < 1.29 is 13.9 Å². The molecule has 2 aromatic heterocycles. The number of ether oxygens (including phenoxy) is 1. The Balaban J connectivity index is 2.07. The van der Waals surface area contributed by atoms with E-state index >= 15 is 0 Å². The van der Waals surface area contributed by atoms with Crippen LogP contribution in [-0.4, -0.2) is 18.1 Å². The maximum atomic E-state index is 11.4. The number of hydrogen-bond acceptors (Lipinski definition) is 5. The molecule has 18 heavy (non-hydrogen) atoms. The number of pyridine rings is 1. The molecule has 94 valence electrons. The van der Waals surface area contributed by atoms with E-state index in [1.807, 2.05) is 0 Å². The molecule has 2 rings (SSSR count). The Hall–Kier alpha value is -2.01. The number of halogens is 1. The van der Waals surface area contributed by atoms with Crippen molar-refractivity contribution in [1.29, 1.82) is 0 Å². The van der Waals surface area contributed by atoms with E-state index in [2.05, 4.69) is 15.0 Å². The Kier molecular flexibility index (Phi) is 3.84. The van der Waals surface area contributed by atoms with Crippen molar-refractivity contribution >= 4 is 23.3 Å². The van der Waals surface area contributed by atoms with E-state index in [-0.39, 0.29) is 5.76 Å². The molecule has 0 bridgehead atoms. The number of methoxy groups -OCH3 is 1. The molecular formula is C12H11ClN2O3. The quantitative estimate of drug-likeness (QED) is 0.681. The number of rotatable bonds is 4. The second-order valence-corrected chi connectivity index (χ2v) is 3.87. The minimum atomic E-state index is -0.496. The molecule has 1 N–H and O–H groups in total. The minimum Gasteiger partial charge on any atom is -0.463 e. The number of nitrogens with one attached hydrogen (secondary N) is 1. The molecule has 5 nitrogen and oxygen atoms in total. The van der Waals surface area contributed by atoms with Gasteiger partial charge >= 0.3 is 5.97 Å². The van der Waals surface area contributed by atoms with Gasteiger partial charge in [0.2, 0.25) is 5.76 Å². The third-order valence-electron chi connectivity index (χ3n) is 2.33. The first kappa shape index (κ1) is 12.4. The summed E-state index contributed by atoms with van der Waals surface area (Å²) in [5.74, 6) is -0.297. The smallest absolute Gasteiger partial charge is 0.374 e. The van der Waals surface area contributed by atoms with Gasteiger partial charge in [-0.2, -0.15) is 0 Å². The molecule has 0 saturated carbocycles. The zero-order valence-electron chi connectivity index (χ0n) is 9.64. The largest absolute Gasteiger partial charge is 0.463 e. The highest BCUT2D eigenvalue weighted by molar-refractivity contribution is 6.29. The van der Waals surface area contributed by atoms with Crippen LogP contribution in [0.4, 0.5) is 5.69 Å². The van der Waals surface area contributed by atoms with Gasteiger partial charge in [-0.3, -0.25) is 0 Å². The predicted octanol–water partition coefficient (Wildman–Crippen LogP) is 2.73. The van der Waals surface area contributed by atoms with Crippen LogP contribution >= 0.6 is 11.6 Å². The van der Waals surface area contributed by atoms with Crippen LogP contribution in [-0.2, 0) is 11.3 Å². The number of esters is 1.